The van der Waals surface area contributed by atoms with Crippen molar-refractivity contribution < 1.29 is 9.59 Å². The molecule has 4 N–H and O–H groups in total. The molecule has 1 atom stereocenters. The smallest absolute Gasteiger partial charge is 0.270 e. The molecule has 1 unspecified atom stereocenters. The maximum atomic E-state index is 11.8. The molecule has 0 bridgehead atoms. The summed E-state index contributed by atoms with van der Waals surface area (Å²) in [6, 6.07) is 0.233. The van der Waals surface area contributed by atoms with E-state index >= 15 is 0 Å². The summed E-state index contributed by atoms with van der Waals surface area (Å²) in [4.78, 5) is 27.4. The number of nitrogens with zero attached hydrogens (tertiary/aromatic N) is 1. The number of aromatic nitrogens is 1. The van der Waals surface area contributed by atoms with Crippen molar-refractivity contribution in [3.63, 3.8) is 0 Å². The van der Waals surface area contributed by atoms with E-state index in [4.69, 9.17) is 5.73 Å². The summed E-state index contributed by atoms with van der Waals surface area (Å²) >= 11 is 1.38. The number of nitrogens with one attached hydrogen (secondary N) is 2. The number of hydrogen-bond acceptors (Lipinski definition) is 5. The average Bonchev–Trinajstić information content (AvgIpc) is 3.07. The topological polar surface area (TPSA) is 97.1 Å². The molecule has 110 valence electrons. The lowest BCUT2D eigenvalue weighted by molar-refractivity contribution is -0.121. The Morgan fingerprint density at radius 1 is 1.55 bits per heavy atom. The van der Waals surface area contributed by atoms with Crippen LogP contribution in [-0.2, 0) is 4.79 Å². The molecule has 6 nitrogen and oxygen atoms in total. The summed E-state index contributed by atoms with van der Waals surface area (Å²) in [7, 11) is 0. The second kappa shape index (κ2) is 6.81. The molecule has 1 saturated carbocycles. The Balaban J connectivity index is 1.64. The molecule has 2 amide bonds. The molecular weight excluding hydrogens is 276 g/mol. The zero-order chi connectivity index (χ0) is 14.5. The van der Waals surface area contributed by atoms with Crippen LogP contribution in [0.5, 0.6) is 0 Å². The van der Waals surface area contributed by atoms with Gasteiger partial charge >= 0.3 is 0 Å². The highest BCUT2D eigenvalue weighted by atomic mass is 32.1. The molecule has 1 aliphatic rings. The van der Waals surface area contributed by atoms with Gasteiger partial charge in [-0.15, -0.1) is 11.3 Å². The standard InChI is InChI=1S/C13H20N4O2S/c1-8(14)13-17-10(7-20-13)12(19)15-6-2-3-11(18)16-9-4-5-9/h7-9H,2-6,14H2,1H3,(H,15,19)(H,16,18). The Hall–Kier alpha value is -1.47. The van der Waals surface area contributed by atoms with E-state index in [9.17, 15) is 9.59 Å². The predicted octanol–water partition coefficient (Wildman–Crippen LogP) is 0.951. The molecule has 0 spiro atoms. The number of amides is 2. The van der Waals surface area contributed by atoms with Gasteiger partial charge in [-0.2, -0.15) is 0 Å². The zero-order valence-electron chi connectivity index (χ0n) is 11.5. The Labute approximate surface area is 122 Å². The number of rotatable bonds is 7. The Kier molecular flexibility index (Phi) is 5.08. The Bertz CT molecular complexity index is 482. The maximum Gasteiger partial charge on any atom is 0.270 e. The summed E-state index contributed by atoms with van der Waals surface area (Å²) < 4.78 is 0. The summed E-state index contributed by atoms with van der Waals surface area (Å²) in [5.41, 5.74) is 6.09. The molecule has 0 aromatic carbocycles. The number of nitrogens with two attached hydrogens (primary N) is 1. The fourth-order valence-electron chi connectivity index (χ4n) is 1.67. The molecule has 20 heavy (non-hydrogen) atoms. The van der Waals surface area contributed by atoms with Crippen molar-refractivity contribution in [2.75, 3.05) is 6.54 Å². The first-order valence-corrected chi connectivity index (χ1v) is 7.73. The van der Waals surface area contributed by atoms with Gasteiger partial charge in [0.1, 0.15) is 10.7 Å². The first kappa shape index (κ1) is 14.9. The minimum absolute atomic E-state index is 0.0645. The van der Waals surface area contributed by atoms with Crippen LogP contribution >= 0.6 is 11.3 Å². The highest BCUT2D eigenvalue weighted by Gasteiger charge is 2.22. The second-order valence-corrected chi connectivity index (χ2v) is 5.95. The van der Waals surface area contributed by atoms with E-state index in [0.29, 0.717) is 31.1 Å². The molecule has 0 saturated heterocycles. The molecule has 1 heterocycles. The lowest BCUT2D eigenvalue weighted by Gasteiger charge is -2.04. The zero-order valence-corrected chi connectivity index (χ0v) is 12.3. The molecule has 0 aliphatic heterocycles. The molecule has 0 radical (unpaired) electrons. The maximum absolute atomic E-state index is 11.8. The van der Waals surface area contributed by atoms with E-state index < -0.39 is 0 Å². The molecular formula is C13H20N4O2S. The van der Waals surface area contributed by atoms with Crippen molar-refractivity contribution in [2.24, 2.45) is 5.73 Å². The van der Waals surface area contributed by atoms with Crippen molar-refractivity contribution in [1.29, 1.82) is 0 Å². The fourth-order valence-corrected chi connectivity index (χ4v) is 2.43. The van der Waals surface area contributed by atoms with E-state index in [-0.39, 0.29) is 17.9 Å². The third-order valence-electron chi connectivity index (χ3n) is 2.95. The summed E-state index contributed by atoms with van der Waals surface area (Å²) in [6.07, 6.45) is 3.26. The molecule has 7 heteroatoms. The normalized spacial score (nSPS) is 15.7. The second-order valence-electron chi connectivity index (χ2n) is 5.06. The van der Waals surface area contributed by atoms with Crippen LogP contribution < -0.4 is 16.4 Å². The number of hydrogen-bond donors (Lipinski definition) is 3. The predicted molar refractivity (Wildman–Crippen MR) is 77.4 cm³/mol. The van der Waals surface area contributed by atoms with Crippen LogP contribution in [0.1, 0.15) is 54.1 Å². The first-order valence-electron chi connectivity index (χ1n) is 6.85. The monoisotopic (exact) mass is 296 g/mol. The first-order chi connectivity index (χ1) is 9.56. The largest absolute Gasteiger partial charge is 0.353 e. The molecule has 1 fully saturated rings. The van der Waals surface area contributed by atoms with Crippen LogP contribution in [-0.4, -0.2) is 29.4 Å². The SMILES string of the molecule is CC(N)c1nc(C(=O)NCCCC(=O)NC2CC2)cs1. The third kappa shape index (κ3) is 4.57. The Morgan fingerprint density at radius 3 is 2.90 bits per heavy atom. The van der Waals surface area contributed by atoms with Crippen molar-refractivity contribution in [1.82, 2.24) is 15.6 Å². The van der Waals surface area contributed by atoms with Gasteiger partial charge in [-0.25, -0.2) is 4.98 Å². The minimum Gasteiger partial charge on any atom is -0.353 e. The summed E-state index contributed by atoms with van der Waals surface area (Å²) in [6.45, 7) is 2.31. The van der Waals surface area contributed by atoms with E-state index in [0.717, 1.165) is 17.8 Å². The van der Waals surface area contributed by atoms with Gasteiger partial charge in [0.25, 0.3) is 5.91 Å². The van der Waals surface area contributed by atoms with Gasteiger partial charge in [-0.05, 0) is 26.2 Å². The number of carbonyl (C=O) groups excluding carboxylic acids is 2. The molecule has 1 aromatic heterocycles. The van der Waals surface area contributed by atoms with Crippen molar-refractivity contribution in [3.8, 4) is 0 Å². The van der Waals surface area contributed by atoms with E-state index in [1.807, 2.05) is 6.92 Å². The van der Waals surface area contributed by atoms with Crippen LogP contribution in [0.3, 0.4) is 0 Å². The van der Waals surface area contributed by atoms with Crippen molar-refractivity contribution >= 4 is 23.2 Å². The van der Waals surface area contributed by atoms with Crippen LogP contribution in [0.15, 0.2) is 5.38 Å². The van der Waals surface area contributed by atoms with Gasteiger partial charge in [0.2, 0.25) is 5.91 Å². The molecule has 1 aromatic rings. The van der Waals surface area contributed by atoms with Gasteiger partial charge < -0.3 is 16.4 Å². The van der Waals surface area contributed by atoms with E-state index in [1.54, 1.807) is 5.38 Å². The van der Waals surface area contributed by atoms with Gasteiger partial charge in [0, 0.05) is 24.4 Å². The molecule has 2 rings (SSSR count). The van der Waals surface area contributed by atoms with Crippen molar-refractivity contribution in [3.05, 3.63) is 16.1 Å². The van der Waals surface area contributed by atoms with E-state index in [2.05, 4.69) is 15.6 Å². The highest BCUT2D eigenvalue weighted by Crippen LogP contribution is 2.18. The van der Waals surface area contributed by atoms with E-state index in [1.165, 1.54) is 11.3 Å². The third-order valence-corrected chi connectivity index (χ3v) is 4.00. The van der Waals surface area contributed by atoms with Crippen LogP contribution in [0.25, 0.3) is 0 Å². The van der Waals surface area contributed by atoms with Gasteiger partial charge in [0.15, 0.2) is 0 Å². The summed E-state index contributed by atoms with van der Waals surface area (Å²) in [5.74, 6) is -0.148. The van der Waals surface area contributed by atoms with Crippen molar-refractivity contribution in [2.45, 2.75) is 44.7 Å². The quantitative estimate of drug-likeness (QED) is 0.653. The van der Waals surface area contributed by atoms with Gasteiger partial charge in [0.05, 0.1) is 6.04 Å². The number of thiazole rings is 1. The van der Waals surface area contributed by atoms with Gasteiger partial charge in [-0.3, -0.25) is 9.59 Å². The minimum atomic E-state index is -0.212. The van der Waals surface area contributed by atoms with Crippen LogP contribution in [0, 0.1) is 0 Å². The van der Waals surface area contributed by atoms with Crippen LogP contribution in [0.4, 0.5) is 0 Å². The molecule has 1 aliphatic carbocycles. The van der Waals surface area contributed by atoms with Crippen LogP contribution in [0.2, 0.25) is 0 Å². The highest BCUT2D eigenvalue weighted by molar-refractivity contribution is 7.09. The van der Waals surface area contributed by atoms with Gasteiger partial charge in [-0.1, -0.05) is 0 Å². The lowest BCUT2D eigenvalue weighted by Crippen LogP contribution is -2.28. The number of carbonyl (C=O) groups is 2. The summed E-state index contributed by atoms with van der Waals surface area (Å²) in [5, 5.41) is 8.12. The Morgan fingerprint density at radius 2 is 2.30 bits per heavy atom. The lowest BCUT2D eigenvalue weighted by atomic mass is 10.3. The average molecular weight is 296 g/mol. The fraction of sp³-hybridized carbons (Fsp3) is 0.615.